The molecule has 0 aliphatic heterocycles. The van der Waals surface area contributed by atoms with Gasteiger partial charge in [0, 0.05) is 38.4 Å². The van der Waals surface area contributed by atoms with E-state index in [9.17, 15) is 18.0 Å². The molecule has 0 fully saturated rings. The molecule has 0 aromatic heterocycles. The van der Waals surface area contributed by atoms with Gasteiger partial charge in [0.05, 0.1) is 12.1 Å². The maximum absolute atomic E-state index is 12.7. The van der Waals surface area contributed by atoms with Crippen LogP contribution in [0.4, 0.5) is 5.69 Å². The molecule has 0 bridgehead atoms. The van der Waals surface area contributed by atoms with Gasteiger partial charge in [0.15, 0.2) is 6.61 Å². The normalized spacial score (nSPS) is 11.2. The molecule has 9 nitrogen and oxygen atoms in total. The Kier molecular flexibility index (Phi) is 9.09. The van der Waals surface area contributed by atoms with Crippen molar-refractivity contribution in [3.8, 4) is 11.5 Å². The van der Waals surface area contributed by atoms with E-state index in [4.69, 9.17) is 21.1 Å². The van der Waals surface area contributed by atoms with Crippen LogP contribution in [0.1, 0.15) is 24.2 Å². The van der Waals surface area contributed by atoms with E-state index in [1.54, 1.807) is 17.0 Å². The van der Waals surface area contributed by atoms with Gasteiger partial charge in [-0.15, -0.1) is 0 Å². The molecule has 0 saturated carbocycles. The summed E-state index contributed by atoms with van der Waals surface area (Å²) in [6, 6.07) is 8.73. The van der Waals surface area contributed by atoms with Gasteiger partial charge < -0.3 is 19.7 Å². The molecule has 2 rings (SSSR count). The zero-order valence-corrected chi connectivity index (χ0v) is 20.8. The molecule has 0 unspecified atom stereocenters. The summed E-state index contributed by atoms with van der Waals surface area (Å²) in [5, 5.41) is 2.88. The Labute approximate surface area is 199 Å². The predicted octanol–water partition coefficient (Wildman–Crippen LogP) is 3.10. The first kappa shape index (κ1) is 26.4. The highest BCUT2D eigenvalue weighted by Gasteiger charge is 2.24. The van der Waals surface area contributed by atoms with Gasteiger partial charge in [0.25, 0.3) is 11.8 Å². The smallest absolute Gasteiger partial charge is 0.260 e. The minimum Gasteiger partial charge on any atom is -0.495 e. The summed E-state index contributed by atoms with van der Waals surface area (Å²) in [6.07, 6.45) is 0. The quantitative estimate of drug-likeness (QED) is 0.540. The second-order valence-corrected chi connectivity index (χ2v) is 9.63. The average Bonchev–Trinajstić information content (AvgIpc) is 2.78. The fraction of sp³-hybridized carbons (Fsp3) is 0.364. The number of likely N-dealkylation sites (N-methyl/N-ethyl adjacent to an activating group) is 1. The van der Waals surface area contributed by atoms with E-state index in [0.29, 0.717) is 24.5 Å². The van der Waals surface area contributed by atoms with Gasteiger partial charge in [-0.25, -0.2) is 12.7 Å². The van der Waals surface area contributed by atoms with Crippen LogP contribution >= 0.6 is 11.6 Å². The van der Waals surface area contributed by atoms with Gasteiger partial charge in [0.2, 0.25) is 10.0 Å². The van der Waals surface area contributed by atoms with Crippen molar-refractivity contribution in [2.24, 2.45) is 0 Å². The van der Waals surface area contributed by atoms with E-state index in [2.05, 4.69) is 5.32 Å². The number of rotatable bonds is 10. The Balaban J connectivity index is 2.18. The summed E-state index contributed by atoms with van der Waals surface area (Å²) in [4.78, 5) is 26.3. The van der Waals surface area contributed by atoms with Gasteiger partial charge in [-0.1, -0.05) is 11.6 Å². The van der Waals surface area contributed by atoms with Crippen LogP contribution in [0.2, 0.25) is 5.02 Å². The maximum Gasteiger partial charge on any atom is 0.260 e. The molecule has 2 aromatic rings. The maximum atomic E-state index is 12.7. The molecular formula is C22H28ClN3O6S. The zero-order chi connectivity index (χ0) is 24.8. The number of sulfonamides is 1. The highest BCUT2D eigenvalue weighted by molar-refractivity contribution is 7.89. The summed E-state index contributed by atoms with van der Waals surface area (Å²) in [5.74, 6) is -0.256. The summed E-state index contributed by atoms with van der Waals surface area (Å²) >= 11 is 6.25. The van der Waals surface area contributed by atoms with Crippen molar-refractivity contribution in [1.82, 2.24) is 9.21 Å². The van der Waals surface area contributed by atoms with E-state index in [1.165, 1.54) is 45.5 Å². The summed E-state index contributed by atoms with van der Waals surface area (Å²) in [5.41, 5.74) is 0.498. The molecule has 0 aliphatic rings. The lowest BCUT2D eigenvalue weighted by molar-refractivity contribution is -0.132. The third-order valence-electron chi connectivity index (χ3n) is 4.84. The molecule has 2 aromatic carbocycles. The monoisotopic (exact) mass is 497 g/mol. The van der Waals surface area contributed by atoms with Crippen molar-refractivity contribution in [2.45, 2.75) is 18.7 Å². The molecule has 0 saturated heterocycles. The number of nitrogens with zero attached hydrogens (tertiary/aromatic N) is 2. The SMILES string of the molecule is CCN(CC)C(=O)COc1ccc(NC(=O)c2ccc(OC)c(S(=O)(=O)N(C)C)c2)cc1Cl. The number of methoxy groups -OCH3 is 1. The van der Waals surface area contributed by atoms with E-state index in [-0.39, 0.29) is 33.7 Å². The summed E-state index contributed by atoms with van der Waals surface area (Å²) in [6.45, 7) is 4.78. The summed E-state index contributed by atoms with van der Waals surface area (Å²) < 4.78 is 36.8. The minimum atomic E-state index is -3.82. The number of carbonyl (C=O) groups is 2. The van der Waals surface area contributed by atoms with E-state index in [1.807, 2.05) is 13.8 Å². The van der Waals surface area contributed by atoms with Gasteiger partial charge in [-0.05, 0) is 50.2 Å². The zero-order valence-electron chi connectivity index (χ0n) is 19.2. The number of anilines is 1. The fourth-order valence-corrected chi connectivity index (χ4v) is 4.23. The number of benzene rings is 2. The molecule has 0 spiro atoms. The minimum absolute atomic E-state index is 0.123. The molecule has 0 aliphatic carbocycles. The van der Waals surface area contributed by atoms with Crippen molar-refractivity contribution in [3.05, 3.63) is 47.0 Å². The molecule has 2 amide bonds. The first-order chi connectivity index (χ1) is 15.5. The lowest BCUT2D eigenvalue weighted by Gasteiger charge is -2.19. The van der Waals surface area contributed by atoms with Crippen LogP contribution in [0.3, 0.4) is 0 Å². The van der Waals surface area contributed by atoms with Crippen LogP contribution < -0.4 is 14.8 Å². The lowest BCUT2D eigenvalue weighted by Crippen LogP contribution is -2.34. The first-order valence-corrected chi connectivity index (χ1v) is 12.0. The second kappa shape index (κ2) is 11.4. The Morgan fingerprint density at radius 1 is 1.03 bits per heavy atom. The van der Waals surface area contributed by atoms with Crippen LogP contribution in [-0.2, 0) is 14.8 Å². The lowest BCUT2D eigenvalue weighted by atomic mass is 10.2. The average molecular weight is 498 g/mol. The highest BCUT2D eigenvalue weighted by atomic mass is 35.5. The summed E-state index contributed by atoms with van der Waals surface area (Å²) in [7, 11) is 0.311. The molecular weight excluding hydrogens is 470 g/mol. The number of carbonyl (C=O) groups excluding carboxylic acids is 2. The Morgan fingerprint density at radius 3 is 2.21 bits per heavy atom. The third-order valence-corrected chi connectivity index (χ3v) is 6.97. The van der Waals surface area contributed by atoms with Crippen molar-refractivity contribution in [1.29, 1.82) is 0 Å². The largest absolute Gasteiger partial charge is 0.495 e. The molecule has 180 valence electrons. The van der Waals surface area contributed by atoms with Gasteiger partial charge in [0.1, 0.15) is 16.4 Å². The van der Waals surface area contributed by atoms with Crippen molar-refractivity contribution < 1.29 is 27.5 Å². The number of ether oxygens (including phenoxy) is 2. The number of hydrogen-bond acceptors (Lipinski definition) is 6. The number of nitrogens with one attached hydrogen (secondary N) is 1. The van der Waals surface area contributed by atoms with E-state index in [0.717, 1.165) is 4.31 Å². The number of amides is 2. The predicted molar refractivity (Wildman–Crippen MR) is 127 cm³/mol. The Morgan fingerprint density at radius 2 is 1.67 bits per heavy atom. The molecule has 33 heavy (non-hydrogen) atoms. The van der Waals surface area contributed by atoms with Crippen LogP contribution in [0.15, 0.2) is 41.3 Å². The van der Waals surface area contributed by atoms with Crippen molar-refractivity contribution in [2.75, 3.05) is 46.2 Å². The second-order valence-electron chi connectivity index (χ2n) is 7.11. The Bertz CT molecular complexity index is 1120. The van der Waals surface area contributed by atoms with Crippen LogP contribution in [0.25, 0.3) is 0 Å². The number of hydrogen-bond donors (Lipinski definition) is 1. The fourth-order valence-electron chi connectivity index (χ4n) is 2.92. The highest BCUT2D eigenvalue weighted by Crippen LogP contribution is 2.29. The number of halogens is 1. The van der Waals surface area contributed by atoms with Crippen LogP contribution in [-0.4, -0.2) is 70.3 Å². The third kappa shape index (κ3) is 6.37. The molecule has 11 heteroatoms. The van der Waals surface area contributed by atoms with Gasteiger partial charge in [-0.2, -0.15) is 0 Å². The molecule has 0 radical (unpaired) electrons. The first-order valence-electron chi connectivity index (χ1n) is 10.2. The van der Waals surface area contributed by atoms with E-state index < -0.39 is 15.9 Å². The van der Waals surface area contributed by atoms with Crippen LogP contribution in [0.5, 0.6) is 11.5 Å². The van der Waals surface area contributed by atoms with Gasteiger partial charge >= 0.3 is 0 Å². The topological polar surface area (TPSA) is 105 Å². The van der Waals surface area contributed by atoms with Crippen LogP contribution in [0, 0.1) is 0 Å². The van der Waals surface area contributed by atoms with Crippen molar-refractivity contribution in [3.63, 3.8) is 0 Å². The molecule has 0 heterocycles. The van der Waals surface area contributed by atoms with E-state index >= 15 is 0 Å². The molecule has 1 N–H and O–H groups in total. The Hall–Kier alpha value is -2.82. The standard InChI is InChI=1S/C22H28ClN3O6S/c1-6-26(7-2)21(27)14-32-18-11-9-16(13-17(18)23)24-22(28)15-8-10-19(31-5)20(12-15)33(29,30)25(3)4/h8-13H,6-7,14H2,1-5H3,(H,24,28). The van der Waals surface area contributed by atoms with Gasteiger partial charge in [-0.3, -0.25) is 9.59 Å². The molecule has 0 atom stereocenters. The van der Waals surface area contributed by atoms with Crippen molar-refractivity contribution >= 4 is 39.1 Å².